The number of carbonyl (C=O) groups is 1. The zero-order valence-electron chi connectivity index (χ0n) is 13.6. The lowest BCUT2D eigenvalue weighted by Crippen LogP contribution is -2.48. The van der Waals surface area contributed by atoms with Crippen molar-refractivity contribution in [3.8, 4) is 0 Å². The smallest absolute Gasteiger partial charge is 0.272 e. The third-order valence-corrected chi connectivity index (χ3v) is 4.27. The zero-order chi connectivity index (χ0) is 16.2. The van der Waals surface area contributed by atoms with Gasteiger partial charge in [0.2, 0.25) is 0 Å². The molecule has 8 nitrogen and oxygen atoms in total. The molecule has 23 heavy (non-hydrogen) atoms. The molecule has 0 aliphatic carbocycles. The van der Waals surface area contributed by atoms with E-state index in [0.29, 0.717) is 5.69 Å². The highest BCUT2D eigenvalue weighted by atomic mass is 16.2. The number of nitrogens with zero attached hydrogens (tertiary/aromatic N) is 6. The van der Waals surface area contributed by atoms with Crippen molar-refractivity contribution in [1.29, 1.82) is 0 Å². The standard InChI is InChI=1S/C15H23N7O/c1-12-10-14(19-20(12)2)15(23)18-13-4-3-7-21(11-13)8-9-22-16-5-6-17-22/h5-6,10,13H,3-4,7-9,11H2,1-2H3,(H,18,23). The number of aryl methyl sites for hydroxylation is 2. The Balaban J connectivity index is 1.50. The molecule has 3 rings (SSSR count). The Morgan fingerprint density at radius 1 is 1.35 bits per heavy atom. The number of hydrogen-bond acceptors (Lipinski definition) is 5. The molecule has 0 aromatic carbocycles. The maximum Gasteiger partial charge on any atom is 0.272 e. The predicted molar refractivity (Wildman–Crippen MR) is 84.9 cm³/mol. The van der Waals surface area contributed by atoms with Crippen molar-refractivity contribution in [3.05, 3.63) is 29.8 Å². The van der Waals surface area contributed by atoms with Gasteiger partial charge in [0.25, 0.3) is 5.91 Å². The molecule has 0 saturated carbocycles. The highest BCUT2D eigenvalue weighted by Crippen LogP contribution is 2.11. The second-order valence-corrected chi connectivity index (χ2v) is 6.03. The van der Waals surface area contributed by atoms with Gasteiger partial charge in [-0.25, -0.2) is 0 Å². The van der Waals surface area contributed by atoms with Crippen LogP contribution in [0.5, 0.6) is 0 Å². The van der Waals surface area contributed by atoms with Crippen LogP contribution in [0.1, 0.15) is 29.0 Å². The third kappa shape index (κ3) is 3.95. The molecule has 0 radical (unpaired) electrons. The van der Waals surface area contributed by atoms with Crippen molar-refractivity contribution < 1.29 is 4.79 Å². The summed E-state index contributed by atoms with van der Waals surface area (Å²) in [5.74, 6) is -0.0886. The molecule has 3 heterocycles. The summed E-state index contributed by atoms with van der Waals surface area (Å²) in [5, 5.41) is 15.6. The van der Waals surface area contributed by atoms with Gasteiger partial charge < -0.3 is 5.32 Å². The van der Waals surface area contributed by atoms with Gasteiger partial charge in [-0.1, -0.05) is 0 Å². The van der Waals surface area contributed by atoms with Gasteiger partial charge in [-0.2, -0.15) is 20.1 Å². The van der Waals surface area contributed by atoms with E-state index in [0.717, 1.165) is 44.7 Å². The van der Waals surface area contributed by atoms with E-state index < -0.39 is 0 Å². The number of amides is 1. The van der Waals surface area contributed by atoms with Crippen LogP contribution in [0.4, 0.5) is 0 Å². The fourth-order valence-electron chi connectivity index (χ4n) is 2.90. The van der Waals surface area contributed by atoms with Gasteiger partial charge in [-0.05, 0) is 32.4 Å². The number of likely N-dealkylation sites (tertiary alicyclic amines) is 1. The van der Waals surface area contributed by atoms with Gasteiger partial charge in [0.15, 0.2) is 0 Å². The molecule has 1 amide bonds. The largest absolute Gasteiger partial charge is 0.347 e. The number of piperidine rings is 1. The average Bonchev–Trinajstić information content (AvgIpc) is 3.16. The quantitative estimate of drug-likeness (QED) is 0.853. The summed E-state index contributed by atoms with van der Waals surface area (Å²) in [6, 6.07) is 1.99. The first-order chi connectivity index (χ1) is 11.1. The van der Waals surface area contributed by atoms with Gasteiger partial charge >= 0.3 is 0 Å². The van der Waals surface area contributed by atoms with Crippen LogP contribution in [0.2, 0.25) is 0 Å². The topological polar surface area (TPSA) is 80.9 Å². The molecule has 1 saturated heterocycles. The van der Waals surface area contributed by atoms with Gasteiger partial charge in [0.05, 0.1) is 18.9 Å². The lowest BCUT2D eigenvalue weighted by molar-refractivity contribution is 0.0895. The second kappa shape index (κ2) is 6.91. The summed E-state index contributed by atoms with van der Waals surface area (Å²) in [7, 11) is 1.85. The Kier molecular flexibility index (Phi) is 4.71. The van der Waals surface area contributed by atoms with Gasteiger partial charge in [0.1, 0.15) is 5.69 Å². The Hall–Kier alpha value is -2.22. The van der Waals surface area contributed by atoms with Crippen LogP contribution in [-0.2, 0) is 13.6 Å². The molecular formula is C15H23N7O. The first-order valence-corrected chi connectivity index (χ1v) is 8.00. The van der Waals surface area contributed by atoms with E-state index in [1.165, 1.54) is 0 Å². The van der Waals surface area contributed by atoms with Crippen LogP contribution < -0.4 is 5.32 Å². The molecule has 1 N–H and O–H groups in total. The molecule has 1 aliphatic heterocycles. The molecule has 124 valence electrons. The van der Waals surface area contributed by atoms with E-state index in [4.69, 9.17) is 0 Å². The van der Waals surface area contributed by atoms with E-state index in [2.05, 4.69) is 25.5 Å². The van der Waals surface area contributed by atoms with Crippen molar-refractivity contribution in [1.82, 2.24) is 35.0 Å². The fourth-order valence-corrected chi connectivity index (χ4v) is 2.90. The first-order valence-electron chi connectivity index (χ1n) is 8.00. The van der Waals surface area contributed by atoms with Crippen LogP contribution in [0.3, 0.4) is 0 Å². The molecule has 0 bridgehead atoms. The molecule has 2 aromatic heterocycles. The molecule has 1 unspecified atom stereocenters. The van der Waals surface area contributed by atoms with Crippen molar-refractivity contribution in [2.75, 3.05) is 19.6 Å². The summed E-state index contributed by atoms with van der Waals surface area (Å²) in [5.41, 5.74) is 1.47. The highest BCUT2D eigenvalue weighted by molar-refractivity contribution is 5.92. The van der Waals surface area contributed by atoms with Crippen LogP contribution in [0.15, 0.2) is 18.5 Å². The van der Waals surface area contributed by atoms with Crippen molar-refractivity contribution >= 4 is 5.91 Å². The number of hydrogen-bond donors (Lipinski definition) is 1. The van der Waals surface area contributed by atoms with Gasteiger partial charge in [-0.3, -0.25) is 14.4 Å². The molecule has 1 aliphatic rings. The fraction of sp³-hybridized carbons (Fsp3) is 0.600. The summed E-state index contributed by atoms with van der Waals surface area (Å²) in [6.45, 7) is 5.52. The van der Waals surface area contributed by atoms with Crippen molar-refractivity contribution in [3.63, 3.8) is 0 Å². The van der Waals surface area contributed by atoms with Crippen LogP contribution in [-0.4, -0.2) is 61.3 Å². The Bertz CT molecular complexity index is 629. The predicted octanol–water partition coefficient (Wildman–Crippen LogP) is 0.214. The minimum atomic E-state index is -0.0886. The summed E-state index contributed by atoms with van der Waals surface area (Å²) < 4.78 is 1.72. The van der Waals surface area contributed by atoms with Crippen LogP contribution in [0, 0.1) is 6.92 Å². The van der Waals surface area contributed by atoms with Crippen molar-refractivity contribution in [2.24, 2.45) is 7.05 Å². The zero-order valence-corrected chi connectivity index (χ0v) is 13.6. The first kappa shape index (κ1) is 15.7. The van der Waals surface area contributed by atoms with E-state index in [1.807, 2.05) is 20.0 Å². The summed E-state index contributed by atoms with van der Waals surface area (Å²) in [6.07, 6.45) is 5.47. The lowest BCUT2D eigenvalue weighted by atomic mass is 10.1. The third-order valence-electron chi connectivity index (χ3n) is 4.27. The van der Waals surface area contributed by atoms with E-state index in [-0.39, 0.29) is 11.9 Å². The molecular weight excluding hydrogens is 294 g/mol. The normalized spacial score (nSPS) is 19.0. The maximum atomic E-state index is 12.3. The van der Waals surface area contributed by atoms with Crippen molar-refractivity contribution in [2.45, 2.75) is 32.4 Å². The van der Waals surface area contributed by atoms with Crippen LogP contribution in [0.25, 0.3) is 0 Å². The second-order valence-electron chi connectivity index (χ2n) is 6.03. The van der Waals surface area contributed by atoms with E-state index in [1.54, 1.807) is 21.9 Å². The average molecular weight is 317 g/mol. The number of rotatable bonds is 5. The summed E-state index contributed by atoms with van der Waals surface area (Å²) in [4.78, 5) is 16.3. The monoisotopic (exact) mass is 317 g/mol. The number of nitrogens with one attached hydrogen (secondary N) is 1. The minimum Gasteiger partial charge on any atom is -0.347 e. The Morgan fingerprint density at radius 2 is 2.13 bits per heavy atom. The van der Waals surface area contributed by atoms with E-state index >= 15 is 0 Å². The SMILES string of the molecule is Cc1cc(C(=O)NC2CCCN(CCn3nccn3)C2)nn1C. The summed E-state index contributed by atoms with van der Waals surface area (Å²) >= 11 is 0. The minimum absolute atomic E-state index is 0.0886. The van der Waals surface area contributed by atoms with E-state index in [9.17, 15) is 4.79 Å². The van der Waals surface area contributed by atoms with Gasteiger partial charge in [0, 0.05) is 31.9 Å². The molecule has 1 fully saturated rings. The Labute approximate surface area is 135 Å². The highest BCUT2D eigenvalue weighted by Gasteiger charge is 2.22. The maximum absolute atomic E-state index is 12.3. The van der Waals surface area contributed by atoms with Gasteiger partial charge in [-0.15, -0.1) is 0 Å². The number of carbonyl (C=O) groups excluding carboxylic acids is 1. The lowest BCUT2D eigenvalue weighted by Gasteiger charge is -2.32. The molecule has 8 heteroatoms. The number of aromatic nitrogens is 5. The molecule has 0 spiro atoms. The Morgan fingerprint density at radius 3 is 2.83 bits per heavy atom. The molecule has 2 aromatic rings. The molecule has 1 atom stereocenters. The van der Waals surface area contributed by atoms with Crippen LogP contribution >= 0.6 is 0 Å².